The van der Waals surface area contributed by atoms with Crippen molar-refractivity contribution in [3.05, 3.63) is 52.5 Å². The molecule has 32 heavy (non-hydrogen) atoms. The molecule has 0 spiro atoms. The molecule has 1 aliphatic rings. The summed E-state index contributed by atoms with van der Waals surface area (Å²) in [5.41, 5.74) is -0.108. The lowest BCUT2D eigenvalue weighted by Crippen LogP contribution is -2.26. The fraction of sp³-hybridized carbons (Fsp3) is 0.364. The first-order chi connectivity index (χ1) is 15.4. The number of halogens is 3. The number of aliphatic imine (C=N–C) groups is 1. The molecule has 1 aromatic carbocycles. The molecule has 0 atom stereocenters. The number of nitrogens with zero attached hydrogens (tertiary/aromatic N) is 3. The molecule has 10 heteroatoms. The highest BCUT2D eigenvalue weighted by molar-refractivity contribution is 7.20. The van der Waals surface area contributed by atoms with Crippen molar-refractivity contribution in [2.24, 2.45) is 4.99 Å². The van der Waals surface area contributed by atoms with Gasteiger partial charge in [0.25, 0.3) is 5.91 Å². The van der Waals surface area contributed by atoms with E-state index in [-0.39, 0.29) is 31.0 Å². The number of unbranched alkanes of at least 4 members (excludes halogenated alkanes) is 1. The zero-order valence-electron chi connectivity index (χ0n) is 17.1. The maximum atomic E-state index is 13.3. The van der Waals surface area contributed by atoms with Crippen LogP contribution >= 0.6 is 22.7 Å². The zero-order chi connectivity index (χ0) is 22.6. The van der Waals surface area contributed by atoms with E-state index in [1.165, 1.54) is 34.8 Å². The second-order valence-corrected chi connectivity index (χ2v) is 9.37. The standard InChI is InChI=1S/C22H21F3N4OS2/c23-22(24,25)16(28-15-6-2-1-3-7-15)8-4-5-11-26-19(30)17-18(14-9-10-14)32-21(29-17)20-27-12-13-31-20/h1-3,6-7,12-14H,4-5,8-11H2,(H,26,30). The van der Waals surface area contributed by atoms with E-state index in [1.54, 1.807) is 24.4 Å². The minimum atomic E-state index is -4.48. The lowest BCUT2D eigenvalue weighted by Gasteiger charge is -2.11. The Hall–Kier alpha value is -2.59. The minimum Gasteiger partial charge on any atom is -0.351 e. The van der Waals surface area contributed by atoms with Crippen LogP contribution in [0, 0.1) is 0 Å². The second kappa shape index (κ2) is 9.91. The molecule has 1 fully saturated rings. The van der Waals surface area contributed by atoms with Gasteiger partial charge in [0.1, 0.15) is 11.4 Å². The van der Waals surface area contributed by atoms with E-state index in [0.717, 1.165) is 27.7 Å². The van der Waals surface area contributed by atoms with Crippen molar-refractivity contribution in [2.45, 2.75) is 44.2 Å². The van der Waals surface area contributed by atoms with Crippen molar-refractivity contribution in [2.75, 3.05) is 6.54 Å². The molecule has 0 bridgehead atoms. The van der Waals surface area contributed by atoms with Gasteiger partial charge in [0, 0.05) is 23.0 Å². The first kappa shape index (κ1) is 22.6. The summed E-state index contributed by atoms with van der Waals surface area (Å²) >= 11 is 2.98. The molecule has 1 N–H and O–H groups in total. The van der Waals surface area contributed by atoms with Gasteiger partial charge in [0.05, 0.1) is 5.69 Å². The van der Waals surface area contributed by atoms with Crippen molar-refractivity contribution in [3.63, 3.8) is 0 Å². The number of carbonyl (C=O) groups excluding carboxylic acids is 1. The largest absolute Gasteiger partial charge is 0.429 e. The van der Waals surface area contributed by atoms with Crippen LogP contribution < -0.4 is 5.32 Å². The van der Waals surface area contributed by atoms with Gasteiger partial charge in [-0.25, -0.2) is 15.0 Å². The van der Waals surface area contributed by atoms with E-state index in [1.807, 2.05) is 5.38 Å². The Kier molecular flexibility index (Phi) is 7.00. The van der Waals surface area contributed by atoms with Crippen molar-refractivity contribution in [1.29, 1.82) is 0 Å². The normalized spacial score (nSPS) is 14.5. The van der Waals surface area contributed by atoms with Gasteiger partial charge in [-0.1, -0.05) is 18.2 Å². The Morgan fingerprint density at radius 3 is 2.59 bits per heavy atom. The number of carbonyl (C=O) groups is 1. The van der Waals surface area contributed by atoms with Crippen LogP contribution in [0.2, 0.25) is 0 Å². The molecule has 0 saturated heterocycles. The summed E-state index contributed by atoms with van der Waals surface area (Å²) in [6.45, 7) is 0.281. The average Bonchev–Trinajstić information content (AvgIpc) is 3.28. The van der Waals surface area contributed by atoms with Gasteiger partial charge in [0.15, 0.2) is 10.0 Å². The predicted molar refractivity (Wildman–Crippen MR) is 121 cm³/mol. The summed E-state index contributed by atoms with van der Waals surface area (Å²) < 4.78 is 39.9. The maximum Gasteiger partial charge on any atom is 0.429 e. The van der Waals surface area contributed by atoms with E-state index in [0.29, 0.717) is 18.0 Å². The van der Waals surface area contributed by atoms with Crippen LogP contribution in [0.25, 0.3) is 10.0 Å². The van der Waals surface area contributed by atoms with E-state index in [2.05, 4.69) is 20.3 Å². The van der Waals surface area contributed by atoms with Gasteiger partial charge in [0.2, 0.25) is 0 Å². The molecular weight excluding hydrogens is 457 g/mol. The van der Waals surface area contributed by atoms with Gasteiger partial charge in [-0.05, 0) is 50.2 Å². The quantitative estimate of drug-likeness (QED) is 0.287. The monoisotopic (exact) mass is 478 g/mol. The number of thiazole rings is 2. The van der Waals surface area contributed by atoms with Crippen molar-refractivity contribution in [1.82, 2.24) is 15.3 Å². The highest BCUT2D eigenvalue weighted by atomic mass is 32.1. The second-order valence-electron chi connectivity index (χ2n) is 7.45. The number of nitrogens with one attached hydrogen (secondary N) is 1. The number of para-hydroxylation sites is 1. The van der Waals surface area contributed by atoms with E-state index < -0.39 is 11.9 Å². The van der Waals surface area contributed by atoms with Gasteiger partial charge in [-0.2, -0.15) is 13.2 Å². The Labute approximate surface area is 191 Å². The molecule has 5 nitrogen and oxygen atoms in total. The van der Waals surface area contributed by atoms with E-state index in [4.69, 9.17) is 0 Å². The summed E-state index contributed by atoms with van der Waals surface area (Å²) in [5, 5.41) is 6.20. The smallest absolute Gasteiger partial charge is 0.351 e. The van der Waals surface area contributed by atoms with Gasteiger partial charge < -0.3 is 5.32 Å². The molecule has 168 valence electrons. The number of amides is 1. The third kappa shape index (κ3) is 5.80. The molecule has 0 radical (unpaired) electrons. The Morgan fingerprint density at radius 2 is 1.94 bits per heavy atom. The third-order valence-electron chi connectivity index (χ3n) is 4.91. The Bertz CT molecular complexity index is 1070. The van der Waals surface area contributed by atoms with Crippen molar-refractivity contribution in [3.8, 4) is 10.0 Å². The van der Waals surface area contributed by atoms with Gasteiger partial charge >= 0.3 is 6.18 Å². The average molecular weight is 479 g/mol. The Morgan fingerprint density at radius 1 is 1.16 bits per heavy atom. The first-order valence-corrected chi connectivity index (χ1v) is 12.0. The van der Waals surface area contributed by atoms with Crippen LogP contribution in [0.5, 0.6) is 0 Å². The minimum absolute atomic E-state index is 0.202. The molecule has 4 rings (SSSR count). The molecule has 0 aliphatic heterocycles. The number of aromatic nitrogens is 2. The number of hydrogen-bond donors (Lipinski definition) is 1. The lowest BCUT2D eigenvalue weighted by molar-refractivity contribution is -0.0605. The van der Waals surface area contributed by atoms with Crippen LogP contribution in [-0.4, -0.2) is 34.3 Å². The molecule has 2 aromatic heterocycles. The summed E-state index contributed by atoms with van der Waals surface area (Å²) in [7, 11) is 0. The van der Waals surface area contributed by atoms with Crippen molar-refractivity contribution < 1.29 is 18.0 Å². The molecule has 3 aromatic rings. The lowest BCUT2D eigenvalue weighted by atomic mass is 10.1. The molecule has 0 unspecified atom stereocenters. The van der Waals surface area contributed by atoms with Crippen LogP contribution in [0.1, 0.15) is 53.4 Å². The summed E-state index contributed by atoms with van der Waals surface area (Å²) in [5.74, 6) is 0.0884. The van der Waals surface area contributed by atoms with Gasteiger partial charge in [-0.3, -0.25) is 4.79 Å². The van der Waals surface area contributed by atoms with Crippen LogP contribution in [0.4, 0.5) is 18.9 Å². The van der Waals surface area contributed by atoms with Crippen molar-refractivity contribution >= 4 is 40.0 Å². The first-order valence-electron chi connectivity index (χ1n) is 10.3. The molecule has 1 amide bonds. The third-order valence-corrected chi connectivity index (χ3v) is 7.04. The highest BCUT2D eigenvalue weighted by Gasteiger charge is 2.35. The molecule has 2 heterocycles. The fourth-order valence-electron chi connectivity index (χ4n) is 3.16. The highest BCUT2D eigenvalue weighted by Crippen LogP contribution is 2.46. The van der Waals surface area contributed by atoms with Gasteiger partial charge in [-0.15, -0.1) is 22.7 Å². The fourth-order valence-corrected chi connectivity index (χ4v) is 5.07. The number of alkyl halides is 3. The predicted octanol–water partition coefficient (Wildman–Crippen LogP) is 6.38. The maximum absolute atomic E-state index is 13.3. The summed E-state index contributed by atoms with van der Waals surface area (Å²) in [4.78, 5) is 26.2. The molecule has 1 saturated carbocycles. The summed E-state index contributed by atoms with van der Waals surface area (Å²) in [6.07, 6.45) is -0.215. The van der Waals surface area contributed by atoms with Crippen LogP contribution in [-0.2, 0) is 0 Å². The van der Waals surface area contributed by atoms with Crippen LogP contribution in [0.3, 0.4) is 0 Å². The van der Waals surface area contributed by atoms with E-state index in [9.17, 15) is 18.0 Å². The summed E-state index contributed by atoms with van der Waals surface area (Å²) in [6, 6.07) is 8.10. The molecular formula is C22H21F3N4OS2. The molecule has 1 aliphatic carbocycles. The number of hydrogen-bond acceptors (Lipinski definition) is 6. The van der Waals surface area contributed by atoms with Crippen LogP contribution in [0.15, 0.2) is 46.9 Å². The number of rotatable bonds is 9. The topological polar surface area (TPSA) is 67.2 Å². The Balaban J connectivity index is 1.32. The van der Waals surface area contributed by atoms with E-state index >= 15 is 0 Å². The number of benzene rings is 1. The zero-order valence-corrected chi connectivity index (χ0v) is 18.7. The SMILES string of the molecule is O=C(NCCCCC(=Nc1ccccc1)C(F)(F)F)c1nc(-c2nccs2)sc1C1CC1.